The molecule has 296 valence electrons. The molecule has 0 aliphatic heterocycles. The summed E-state index contributed by atoms with van der Waals surface area (Å²) in [6.07, 6.45) is 8.94. The van der Waals surface area contributed by atoms with Crippen LogP contribution in [0.1, 0.15) is 139 Å². The fourth-order valence-electron chi connectivity index (χ4n) is 14.3. The number of ketones is 1. The summed E-state index contributed by atoms with van der Waals surface area (Å²) in [6.45, 7) is 20.8. The maximum atomic E-state index is 14.0. The zero-order valence-corrected chi connectivity index (χ0v) is 35.0. The van der Waals surface area contributed by atoms with Crippen LogP contribution in [0.2, 0.25) is 5.02 Å². The molecule has 0 heterocycles. The quantitative estimate of drug-likeness (QED) is 0.255. The summed E-state index contributed by atoms with van der Waals surface area (Å²) in [5, 5.41) is 13.5. The fourth-order valence-corrected chi connectivity index (χ4v) is 14.4. The van der Waals surface area contributed by atoms with E-state index in [1.54, 1.807) is 0 Å². The number of aliphatic carboxylic acids is 1. The van der Waals surface area contributed by atoms with Gasteiger partial charge in [0.1, 0.15) is 6.10 Å². The average molecular weight is 762 g/mol. The number of carboxylic acids is 1. The summed E-state index contributed by atoms with van der Waals surface area (Å²) in [5.74, 6) is -0.414. The standard InChI is InChI=1S/C46H64ClNO6/c1-26(2)37-32(49)23-46(24-36(50)48-25-27-10-12-28(47)13-11-27)21-20-44(8)29(38(37)46)14-15-34-43(7)18-17-35(42(5,6)33(43)16-19-45(34,44)9)54-40(53)31-22-30(39(51)52)41(31,3)4/h10-13,26,29-31,33-35H,14-25H2,1-9H3,(H,48,50)(H,51,52)/t29-,30+,31-,33+,34-,35+,43+,44-,45-,46+/m1/s1. The van der Waals surface area contributed by atoms with Gasteiger partial charge in [0.2, 0.25) is 5.91 Å². The molecule has 0 aromatic heterocycles. The van der Waals surface area contributed by atoms with E-state index in [9.17, 15) is 24.3 Å². The van der Waals surface area contributed by atoms with E-state index in [0.29, 0.717) is 42.7 Å². The van der Waals surface area contributed by atoms with Crippen molar-refractivity contribution in [2.24, 2.45) is 68.0 Å². The van der Waals surface area contributed by atoms with E-state index in [-0.39, 0.29) is 63.2 Å². The van der Waals surface area contributed by atoms with Gasteiger partial charge in [-0.2, -0.15) is 0 Å². The van der Waals surface area contributed by atoms with Gasteiger partial charge < -0.3 is 15.2 Å². The molecule has 8 heteroatoms. The van der Waals surface area contributed by atoms with Crippen molar-refractivity contribution in [3.8, 4) is 0 Å². The topological polar surface area (TPSA) is 110 Å². The number of hydrogen-bond donors (Lipinski definition) is 2. The Hall–Kier alpha value is -2.67. The molecule has 0 unspecified atom stereocenters. The van der Waals surface area contributed by atoms with Crippen LogP contribution in [0, 0.1) is 68.0 Å². The van der Waals surface area contributed by atoms with E-state index in [0.717, 1.165) is 62.5 Å². The number of carbonyl (C=O) groups is 4. The summed E-state index contributed by atoms with van der Waals surface area (Å²) < 4.78 is 6.41. The molecule has 1 aromatic carbocycles. The molecule has 0 saturated heterocycles. The molecular formula is C46H64ClNO6. The lowest BCUT2D eigenvalue weighted by molar-refractivity contribution is -0.236. The molecule has 2 N–H and O–H groups in total. The number of rotatable bonds is 8. The maximum Gasteiger partial charge on any atom is 0.309 e. The molecule has 5 saturated carbocycles. The second kappa shape index (κ2) is 13.2. The third kappa shape index (κ3) is 5.77. The first-order valence-electron chi connectivity index (χ1n) is 20.8. The van der Waals surface area contributed by atoms with E-state index in [2.05, 4.69) is 53.8 Å². The second-order valence-electron chi connectivity index (χ2n) is 20.8. The molecule has 6 aliphatic rings. The minimum Gasteiger partial charge on any atom is -0.481 e. The van der Waals surface area contributed by atoms with Crippen LogP contribution >= 0.6 is 11.6 Å². The van der Waals surface area contributed by atoms with Crippen LogP contribution in [-0.4, -0.2) is 34.8 Å². The lowest BCUT2D eigenvalue weighted by atomic mass is 9.33. The number of benzene rings is 1. The third-order valence-electron chi connectivity index (χ3n) is 17.5. The van der Waals surface area contributed by atoms with Crippen molar-refractivity contribution >= 4 is 35.2 Å². The molecule has 0 bridgehead atoms. The van der Waals surface area contributed by atoms with Crippen molar-refractivity contribution in [3.05, 3.63) is 46.0 Å². The largest absolute Gasteiger partial charge is 0.481 e. The number of carboxylic acid groups (broad SMARTS) is 1. The number of ether oxygens (including phenoxy) is 1. The smallest absolute Gasteiger partial charge is 0.309 e. The van der Waals surface area contributed by atoms with Gasteiger partial charge in [0.15, 0.2) is 5.78 Å². The van der Waals surface area contributed by atoms with Crippen LogP contribution < -0.4 is 5.32 Å². The van der Waals surface area contributed by atoms with Crippen molar-refractivity contribution < 1.29 is 29.0 Å². The molecule has 54 heavy (non-hydrogen) atoms. The van der Waals surface area contributed by atoms with Gasteiger partial charge in [-0.25, -0.2) is 0 Å². The first-order valence-corrected chi connectivity index (χ1v) is 21.2. The van der Waals surface area contributed by atoms with Gasteiger partial charge in [-0.1, -0.05) is 91.6 Å². The highest BCUT2D eigenvalue weighted by Gasteiger charge is 2.70. The Morgan fingerprint density at radius 1 is 0.852 bits per heavy atom. The SMILES string of the molecule is CC(C)C1=C2[C@H]3CC[C@@H]4[C@@]5(C)CC[C@H](OC(=O)[C@H]6C[C@@H](C(=O)O)C6(C)C)C(C)(C)[C@@H]5CC[C@@]4(C)[C@]3(C)CC[C@@]2(CC(=O)NCc2ccc(Cl)cc2)CC1=O. The van der Waals surface area contributed by atoms with Crippen LogP contribution in [0.15, 0.2) is 35.4 Å². The van der Waals surface area contributed by atoms with Crippen molar-refractivity contribution in [2.75, 3.05) is 0 Å². The number of hydrogen-bond acceptors (Lipinski definition) is 5. The monoisotopic (exact) mass is 761 g/mol. The lowest BCUT2D eigenvalue weighted by Crippen LogP contribution is -2.66. The minimum atomic E-state index is -0.831. The van der Waals surface area contributed by atoms with Crippen molar-refractivity contribution in [1.82, 2.24) is 5.32 Å². The number of halogens is 1. The molecule has 6 aliphatic carbocycles. The Morgan fingerprint density at radius 3 is 2.17 bits per heavy atom. The number of carbonyl (C=O) groups excluding carboxylic acids is 3. The second-order valence-corrected chi connectivity index (χ2v) is 21.3. The first kappa shape index (κ1) is 39.6. The molecular weight excluding hydrogens is 698 g/mol. The first-order chi connectivity index (χ1) is 25.1. The predicted octanol–water partition coefficient (Wildman–Crippen LogP) is 9.99. The number of Topliss-reactive ketones (excluding diaryl/α,β-unsaturated/α-hetero) is 1. The molecule has 1 amide bonds. The summed E-state index contributed by atoms with van der Waals surface area (Å²) in [5.41, 5.74) is 2.23. The highest BCUT2D eigenvalue weighted by Crippen LogP contribution is 2.77. The zero-order chi connectivity index (χ0) is 39.4. The highest BCUT2D eigenvalue weighted by atomic mass is 35.5. The van der Waals surface area contributed by atoms with Crippen LogP contribution in [0.25, 0.3) is 0 Å². The van der Waals surface area contributed by atoms with E-state index in [1.807, 2.05) is 38.1 Å². The van der Waals surface area contributed by atoms with Gasteiger partial charge in [0.05, 0.1) is 11.8 Å². The van der Waals surface area contributed by atoms with Gasteiger partial charge in [-0.15, -0.1) is 0 Å². The van der Waals surface area contributed by atoms with E-state index < -0.39 is 22.7 Å². The summed E-state index contributed by atoms with van der Waals surface area (Å²) >= 11 is 6.09. The van der Waals surface area contributed by atoms with Gasteiger partial charge >= 0.3 is 11.9 Å². The van der Waals surface area contributed by atoms with Gasteiger partial charge in [-0.3, -0.25) is 19.2 Å². The van der Waals surface area contributed by atoms with Crippen molar-refractivity contribution in [2.45, 2.75) is 146 Å². The normalized spacial score (nSPS) is 40.5. The maximum absolute atomic E-state index is 14.0. The summed E-state index contributed by atoms with van der Waals surface area (Å²) in [4.78, 5) is 53.2. The molecule has 0 radical (unpaired) electrons. The van der Waals surface area contributed by atoms with Crippen molar-refractivity contribution in [1.29, 1.82) is 0 Å². The Bertz CT molecular complexity index is 1760. The Balaban J connectivity index is 1.12. The Labute approximate surface area is 328 Å². The Morgan fingerprint density at radius 2 is 1.54 bits per heavy atom. The molecule has 10 atom stereocenters. The number of esters is 1. The highest BCUT2D eigenvalue weighted by molar-refractivity contribution is 6.30. The van der Waals surface area contributed by atoms with E-state index in [4.69, 9.17) is 16.3 Å². The number of fused-ring (bicyclic) bond motifs is 7. The third-order valence-corrected chi connectivity index (χ3v) is 17.8. The molecule has 0 spiro atoms. The lowest BCUT2D eigenvalue weighted by Gasteiger charge is -2.72. The number of allylic oxidation sites excluding steroid dienone is 2. The van der Waals surface area contributed by atoms with Crippen LogP contribution in [0.5, 0.6) is 0 Å². The van der Waals surface area contributed by atoms with Crippen LogP contribution in [0.3, 0.4) is 0 Å². The van der Waals surface area contributed by atoms with Crippen LogP contribution in [-0.2, 0) is 30.5 Å². The fraction of sp³-hybridized carbons (Fsp3) is 0.739. The summed E-state index contributed by atoms with van der Waals surface area (Å²) in [7, 11) is 0. The Kier molecular flexibility index (Phi) is 9.67. The van der Waals surface area contributed by atoms with Crippen LogP contribution in [0.4, 0.5) is 0 Å². The van der Waals surface area contributed by atoms with E-state index in [1.165, 1.54) is 5.57 Å². The zero-order valence-electron chi connectivity index (χ0n) is 34.2. The van der Waals surface area contributed by atoms with Crippen molar-refractivity contribution in [3.63, 3.8) is 0 Å². The molecule has 1 aromatic rings. The average Bonchev–Trinajstić information content (AvgIpc) is 3.37. The van der Waals surface area contributed by atoms with Gasteiger partial charge in [-0.05, 0) is 126 Å². The van der Waals surface area contributed by atoms with Gasteiger partial charge in [0, 0.05) is 35.2 Å². The molecule has 7 rings (SSSR count). The number of nitrogens with one attached hydrogen (secondary N) is 1. The summed E-state index contributed by atoms with van der Waals surface area (Å²) in [6, 6.07) is 7.57. The molecule has 7 nitrogen and oxygen atoms in total. The molecule has 5 fully saturated rings. The predicted molar refractivity (Wildman–Crippen MR) is 210 cm³/mol. The number of amides is 1. The minimum absolute atomic E-state index is 0.00276. The van der Waals surface area contributed by atoms with Gasteiger partial charge in [0.25, 0.3) is 0 Å². The van der Waals surface area contributed by atoms with E-state index >= 15 is 0 Å².